The van der Waals surface area contributed by atoms with Crippen molar-refractivity contribution in [1.82, 2.24) is 0 Å². The predicted octanol–water partition coefficient (Wildman–Crippen LogP) is 2.61. The quantitative estimate of drug-likeness (QED) is 0.765. The van der Waals surface area contributed by atoms with Crippen molar-refractivity contribution in [2.24, 2.45) is 5.41 Å². The van der Waals surface area contributed by atoms with Crippen molar-refractivity contribution in [3.63, 3.8) is 0 Å². The Kier molecular flexibility index (Phi) is 5.94. The van der Waals surface area contributed by atoms with Gasteiger partial charge in [0.2, 0.25) is 0 Å². The molecule has 0 spiro atoms. The van der Waals surface area contributed by atoms with E-state index in [1.54, 1.807) is 0 Å². The summed E-state index contributed by atoms with van der Waals surface area (Å²) in [7, 11) is 0. The molecule has 0 aliphatic carbocycles. The van der Waals surface area contributed by atoms with Gasteiger partial charge in [-0.3, -0.25) is 0 Å². The molecule has 98 valence electrons. The summed E-state index contributed by atoms with van der Waals surface area (Å²) in [5.41, 5.74) is -1.21. The summed E-state index contributed by atoms with van der Waals surface area (Å²) in [6.07, 6.45) is 0.237. The van der Waals surface area contributed by atoms with E-state index in [0.29, 0.717) is 13.2 Å². The number of hydrogen-bond acceptors (Lipinski definition) is 3. The highest BCUT2D eigenvalue weighted by molar-refractivity contribution is 4.90. The normalized spacial score (nSPS) is 13.9. The molecule has 0 aromatic rings. The molecule has 0 fully saturated rings. The second-order valence-electron chi connectivity index (χ2n) is 6.00. The first-order valence-corrected chi connectivity index (χ1v) is 6.04. The highest BCUT2D eigenvalue weighted by Gasteiger charge is 2.41. The van der Waals surface area contributed by atoms with Gasteiger partial charge in [0, 0.05) is 0 Å². The van der Waals surface area contributed by atoms with Gasteiger partial charge in [0.05, 0.1) is 25.4 Å². The highest BCUT2D eigenvalue weighted by Crippen LogP contribution is 2.31. The van der Waals surface area contributed by atoms with Gasteiger partial charge < -0.3 is 14.6 Å². The highest BCUT2D eigenvalue weighted by atomic mass is 16.5. The van der Waals surface area contributed by atoms with Crippen LogP contribution in [0.4, 0.5) is 0 Å². The molecule has 0 aromatic heterocycles. The Bertz CT molecular complexity index is 180. The van der Waals surface area contributed by atoms with Crippen LogP contribution in [0.25, 0.3) is 0 Å². The van der Waals surface area contributed by atoms with Crippen molar-refractivity contribution in [3.05, 3.63) is 0 Å². The lowest BCUT2D eigenvalue weighted by Crippen LogP contribution is -2.51. The largest absolute Gasteiger partial charge is 0.385 e. The smallest absolute Gasteiger partial charge is 0.116 e. The van der Waals surface area contributed by atoms with Crippen molar-refractivity contribution in [1.29, 1.82) is 0 Å². The maximum atomic E-state index is 10.6. The fraction of sp³-hybridized carbons (Fsp3) is 1.00. The summed E-state index contributed by atoms with van der Waals surface area (Å²) in [5.74, 6) is 0. The van der Waals surface area contributed by atoms with Gasteiger partial charge in [0.15, 0.2) is 0 Å². The summed E-state index contributed by atoms with van der Waals surface area (Å²) in [6, 6.07) is 0. The van der Waals surface area contributed by atoms with Crippen LogP contribution in [-0.2, 0) is 9.47 Å². The van der Waals surface area contributed by atoms with Gasteiger partial charge in [-0.05, 0) is 33.1 Å². The molecule has 16 heavy (non-hydrogen) atoms. The first-order valence-electron chi connectivity index (χ1n) is 6.04. The zero-order chi connectivity index (χ0) is 13.0. The maximum Gasteiger partial charge on any atom is 0.116 e. The summed E-state index contributed by atoms with van der Waals surface area (Å²) < 4.78 is 11.1. The SMILES string of the molecule is CC(C)OCC(O)(COC(C)C)C(C)(C)C. The van der Waals surface area contributed by atoms with Gasteiger partial charge in [-0.15, -0.1) is 0 Å². The van der Waals surface area contributed by atoms with E-state index in [1.165, 1.54) is 0 Å². The van der Waals surface area contributed by atoms with E-state index in [4.69, 9.17) is 9.47 Å². The number of hydrogen-bond donors (Lipinski definition) is 1. The van der Waals surface area contributed by atoms with E-state index in [9.17, 15) is 5.11 Å². The van der Waals surface area contributed by atoms with Crippen LogP contribution < -0.4 is 0 Å². The summed E-state index contributed by atoms with van der Waals surface area (Å²) in [4.78, 5) is 0. The molecular formula is C13H28O3. The zero-order valence-electron chi connectivity index (χ0n) is 11.8. The van der Waals surface area contributed by atoms with Crippen LogP contribution in [-0.4, -0.2) is 36.1 Å². The van der Waals surface area contributed by atoms with Gasteiger partial charge in [-0.25, -0.2) is 0 Å². The molecule has 0 radical (unpaired) electrons. The van der Waals surface area contributed by atoms with Gasteiger partial charge in [-0.2, -0.15) is 0 Å². The molecule has 0 aliphatic rings. The molecule has 0 rings (SSSR count). The lowest BCUT2D eigenvalue weighted by Gasteiger charge is -2.40. The van der Waals surface area contributed by atoms with Gasteiger partial charge >= 0.3 is 0 Å². The average Bonchev–Trinajstić information content (AvgIpc) is 2.09. The maximum absolute atomic E-state index is 10.6. The molecule has 0 bridgehead atoms. The molecule has 0 atom stereocenters. The van der Waals surface area contributed by atoms with Crippen molar-refractivity contribution < 1.29 is 14.6 Å². The van der Waals surface area contributed by atoms with E-state index in [-0.39, 0.29) is 17.6 Å². The molecule has 0 saturated heterocycles. The van der Waals surface area contributed by atoms with Crippen LogP contribution in [0.3, 0.4) is 0 Å². The summed E-state index contributed by atoms with van der Waals surface area (Å²) >= 11 is 0. The molecule has 0 saturated carbocycles. The van der Waals surface area contributed by atoms with E-state index >= 15 is 0 Å². The van der Waals surface area contributed by atoms with E-state index in [2.05, 4.69) is 0 Å². The minimum atomic E-state index is -0.943. The predicted molar refractivity (Wildman–Crippen MR) is 66.6 cm³/mol. The second kappa shape index (κ2) is 5.99. The zero-order valence-corrected chi connectivity index (χ0v) is 11.8. The average molecular weight is 232 g/mol. The first kappa shape index (κ1) is 15.9. The molecule has 0 unspecified atom stereocenters. The Morgan fingerprint density at radius 3 is 1.38 bits per heavy atom. The van der Waals surface area contributed by atoms with E-state index < -0.39 is 5.60 Å². The fourth-order valence-corrected chi connectivity index (χ4v) is 1.08. The van der Waals surface area contributed by atoms with Gasteiger partial charge in [0.1, 0.15) is 5.60 Å². The van der Waals surface area contributed by atoms with Gasteiger partial charge in [-0.1, -0.05) is 20.8 Å². The molecule has 3 heteroatoms. The summed E-state index contributed by atoms with van der Waals surface area (Å²) in [5, 5.41) is 10.6. The standard InChI is InChI=1S/C13H28O3/c1-10(2)15-8-13(14,12(5,6)7)9-16-11(3)4/h10-11,14H,8-9H2,1-7H3. The van der Waals surface area contributed by atoms with Crippen LogP contribution >= 0.6 is 0 Å². The minimum Gasteiger partial charge on any atom is -0.385 e. The Labute approximate surface area is 100 Å². The van der Waals surface area contributed by atoms with Crippen LogP contribution in [0.15, 0.2) is 0 Å². The summed E-state index contributed by atoms with van der Waals surface area (Å²) in [6.45, 7) is 14.5. The van der Waals surface area contributed by atoms with Crippen molar-refractivity contribution in [3.8, 4) is 0 Å². The molecular weight excluding hydrogens is 204 g/mol. The topological polar surface area (TPSA) is 38.7 Å². The molecule has 1 N–H and O–H groups in total. The number of rotatable bonds is 6. The third-order valence-corrected chi connectivity index (χ3v) is 2.71. The lowest BCUT2D eigenvalue weighted by molar-refractivity contribution is -0.166. The van der Waals surface area contributed by atoms with Crippen molar-refractivity contribution >= 4 is 0 Å². The molecule has 0 heterocycles. The number of ether oxygens (including phenoxy) is 2. The molecule has 3 nitrogen and oxygen atoms in total. The van der Waals surface area contributed by atoms with Crippen LogP contribution in [0.5, 0.6) is 0 Å². The number of aliphatic hydroxyl groups is 1. The van der Waals surface area contributed by atoms with E-state index in [1.807, 2.05) is 48.5 Å². The Morgan fingerprint density at radius 1 is 0.875 bits per heavy atom. The molecule has 0 aliphatic heterocycles. The third kappa shape index (κ3) is 5.28. The fourth-order valence-electron chi connectivity index (χ4n) is 1.08. The molecule has 0 aromatic carbocycles. The van der Waals surface area contributed by atoms with Crippen LogP contribution in [0, 0.1) is 5.41 Å². The Morgan fingerprint density at radius 2 is 1.19 bits per heavy atom. The molecule has 0 amide bonds. The second-order valence-corrected chi connectivity index (χ2v) is 6.00. The van der Waals surface area contributed by atoms with Crippen molar-refractivity contribution in [2.45, 2.75) is 66.3 Å². The first-order chi connectivity index (χ1) is 7.08. The Balaban J connectivity index is 4.50. The van der Waals surface area contributed by atoms with E-state index in [0.717, 1.165) is 0 Å². The minimum absolute atomic E-state index is 0.118. The van der Waals surface area contributed by atoms with Gasteiger partial charge in [0.25, 0.3) is 0 Å². The lowest BCUT2D eigenvalue weighted by atomic mass is 9.77. The van der Waals surface area contributed by atoms with Crippen LogP contribution in [0.2, 0.25) is 0 Å². The van der Waals surface area contributed by atoms with Crippen LogP contribution in [0.1, 0.15) is 48.5 Å². The monoisotopic (exact) mass is 232 g/mol. The third-order valence-electron chi connectivity index (χ3n) is 2.71. The Hall–Kier alpha value is -0.120. The van der Waals surface area contributed by atoms with Crippen molar-refractivity contribution in [2.75, 3.05) is 13.2 Å².